The number of hydrogen-bond acceptors (Lipinski definition) is 3. The zero-order chi connectivity index (χ0) is 29.5. The van der Waals surface area contributed by atoms with Gasteiger partial charge in [-0.25, -0.2) is 9.37 Å². The minimum absolute atomic E-state index is 0.288. The second-order valence-electron chi connectivity index (χ2n) is 9.88. The summed E-state index contributed by atoms with van der Waals surface area (Å²) in [5, 5.41) is 12.9. The van der Waals surface area contributed by atoms with Gasteiger partial charge in [0.1, 0.15) is 11.5 Å². The molecule has 0 aliphatic rings. The Morgan fingerprint density at radius 3 is 2.48 bits per heavy atom. The van der Waals surface area contributed by atoms with Crippen molar-refractivity contribution in [1.82, 2.24) is 25.5 Å². The molecule has 2 aromatic heterocycles. The number of H-pyrrole nitrogens is 2. The highest BCUT2D eigenvalue weighted by Crippen LogP contribution is 2.30. The zero-order valence-electron chi connectivity index (χ0n) is 23.9. The Labute approximate surface area is 245 Å². The first-order chi connectivity index (χ1) is 20.5. The van der Waals surface area contributed by atoms with Crippen LogP contribution in [0.5, 0.6) is 0 Å². The van der Waals surface area contributed by atoms with Crippen molar-refractivity contribution in [2.45, 2.75) is 20.4 Å². The fraction of sp³-hybridized carbons (Fsp3) is 0.111. The quantitative estimate of drug-likeness (QED) is 0.167. The van der Waals surface area contributed by atoms with E-state index in [2.05, 4.69) is 51.9 Å². The van der Waals surface area contributed by atoms with Crippen LogP contribution in [-0.2, 0) is 6.54 Å². The number of imidazole rings is 1. The lowest BCUT2D eigenvalue weighted by Gasteiger charge is -2.08. The van der Waals surface area contributed by atoms with E-state index in [1.807, 2.05) is 80.6 Å². The smallest absolute Gasteiger partial charge is 0.159 e. The van der Waals surface area contributed by atoms with Gasteiger partial charge in [-0.05, 0) is 54.3 Å². The van der Waals surface area contributed by atoms with Gasteiger partial charge in [0.2, 0.25) is 0 Å². The monoisotopic (exact) mass is 555 g/mol. The number of hydrogen-bond donors (Lipinski definition) is 3. The van der Waals surface area contributed by atoms with E-state index in [1.54, 1.807) is 12.1 Å². The number of allylic oxidation sites excluding steroid dienone is 4. The Balaban J connectivity index is 1.47. The molecule has 0 fully saturated rings. The van der Waals surface area contributed by atoms with Crippen molar-refractivity contribution in [3.8, 4) is 22.6 Å². The van der Waals surface area contributed by atoms with Crippen molar-refractivity contribution in [3.63, 3.8) is 0 Å². The maximum absolute atomic E-state index is 14.7. The lowest BCUT2D eigenvalue weighted by atomic mass is 10.0. The minimum Gasteiger partial charge on any atom is -0.337 e. The molecule has 0 spiro atoms. The van der Waals surface area contributed by atoms with Crippen LogP contribution in [0.2, 0.25) is 0 Å². The Kier molecular flexibility index (Phi) is 8.85. The highest BCUT2D eigenvalue weighted by Gasteiger charge is 2.15. The van der Waals surface area contributed by atoms with Crippen molar-refractivity contribution in [2.75, 3.05) is 6.54 Å². The Morgan fingerprint density at radius 2 is 1.74 bits per heavy atom. The number of rotatable bonds is 10. The number of halogens is 1. The number of nitrogens with zero attached hydrogens (tertiary/aromatic N) is 2. The van der Waals surface area contributed by atoms with Crippen LogP contribution in [0.3, 0.4) is 0 Å². The summed E-state index contributed by atoms with van der Waals surface area (Å²) < 4.78 is 14.7. The molecule has 210 valence electrons. The molecule has 3 N–H and O–H groups in total. The van der Waals surface area contributed by atoms with Crippen molar-refractivity contribution in [1.29, 1.82) is 0 Å². The molecule has 0 amide bonds. The molecule has 0 atom stereocenters. The van der Waals surface area contributed by atoms with Crippen molar-refractivity contribution in [2.24, 2.45) is 0 Å². The second kappa shape index (κ2) is 13.1. The van der Waals surface area contributed by atoms with Gasteiger partial charge in [0.25, 0.3) is 0 Å². The zero-order valence-corrected chi connectivity index (χ0v) is 23.9. The highest BCUT2D eigenvalue weighted by molar-refractivity contribution is 5.93. The van der Waals surface area contributed by atoms with Crippen LogP contribution in [0, 0.1) is 5.82 Å². The minimum atomic E-state index is -0.288. The summed E-state index contributed by atoms with van der Waals surface area (Å²) in [6.45, 7) is 13.8. The van der Waals surface area contributed by atoms with E-state index in [4.69, 9.17) is 4.98 Å². The molecule has 3 aromatic carbocycles. The molecular weight excluding hydrogens is 521 g/mol. The summed E-state index contributed by atoms with van der Waals surface area (Å²) in [4.78, 5) is 8.27. The molecule has 0 unspecified atom stereocenters. The average molecular weight is 556 g/mol. The van der Waals surface area contributed by atoms with Crippen molar-refractivity contribution >= 4 is 23.2 Å². The van der Waals surface area contributed by atoms with E-state index < -0.39 is 0 Å². The number of benzene rings is 3. The fourth-order valence-corrected chi connectivity index (χ4v) is 4.90. The van der Waals surface area contributed by atoms with Gasteiger partial charge in [0.15, 0.2) is 5.82 Å². The van der Waals surface area contributed by atoms with Crippen LogP contribution in [0.1, 0.15) is 19.4 Å². The molecule has 0 aliphatic carbocycles. The topological polar surface area (TPSA) is 69.4 Å². The van der Waals surface area contributed by atoms with Crippen LogP contribution in [0.25, 0.3) is 45.8 Å². The number of nitrogens with one attached hydrogen (secondary N) is 3. The molecule has 0 saturated heterocycles. The number of aromatic amines is 2. The summed E-state index contributed by atoms with van der Waals surface area (Å²) in [7, 11) is 0. The van der Waals surface area contributed by atoms with Crippen LogP contribution in [0.15, 0.2) is 121 Å². The molecule has 2 heterocycles. The van der Waals surface area contributed by atoms with E-state index in [0.29, 0.717) is 29.1 Å². The Bertz CT molecular complexity index is 1920. The van der Waals surface area contributed by atoms with Crippen LogP contribution in [0.4, 0.5) is 4.39 Å². The maximum atomic E-state index is 14.7. The third-order valence-corrected chi connectivity index (χ3v) is 7.13. The molecule has 5 rings (SSSR count). The predicted octanol–water partition coefficient (Wildman–Crippen LogP) is 6.74. The van der Waals surface area contributed by atoms with Crippen LogP contribution < -0.4 is 15.9 Å². The second-order valence-corrected chi connectivity index (χ2v) is 9.88. The first-order valence-electron chi connectivity index (χ1n) is 13.9. The van der Waals surface area contributed by atoms with Crippen molar-refractivity contribution in [3.05, 3.63) is 143 Å². The maximum Gasteiger partial charge on any atom is 0.159 e. The number of fused-ring (bicyclic) bond motifs is 1. The van der Waals surface area contributed by atoms with Gasteiger partial charge < -0.3 is 10.3 Å². The van der Waals surface area contributed by atoms with Crippen LogP contribution >= 0.6 is 0 Å². The standard InChI is InChI=1S/C36H34FN5/c1-5-25(22-38-23-26-14-9-8-10-15-26)21-27(6-2)24(4)20-30-32(7-3)41-42-35(30)36-39-33-19-13-17-29(34(33)40-36)28-16-11-12-18-31(28)37/h5-21,38,41H,1,4,22-23H2,2-3H3,(H,39,40)/b25-21+,27-6+,30-20+,32-7+. The molecule has 5 aromatic rings. The fourth-order valence-electron chi connectivity index (χ4n) is 4.90. The summed E-state index contributed by atoms with van der Waals surface area (Å²) in [5.41, 5.74) is 7.47. The van der Waals surface area contributed by atoms with Gasteiger partial charge >= 0.3 is 0 Å². The number of aromatic nitrogens is 4. The largest absolute Gasteiger partial charge is 0.337 e. The van der Waals surface area contributed by atoms with Crippen molar-refractivity contribution < 1.29 is 4.39 Å². The van der Waals surface area contributed by atoms with Gasteiger partial charge in [-0.1, -0.05) is 98.1 Å². The molecule has 5 nitrogen and oxygen atoms in total. The van der Waals surface area contributed by atoms with E-state index >= 15 is 0 Å². The lowest BCUT2D eigenvalue weighted by molar-refractivity contribution is 0.631. The molecular formula is C36H34FN5. The van der Waals surface area contributed by atoms with E-state index in [-0.39, 0.29) is 5.82 Å². The predicted molar refractivity (Wildman–Crippen MR) is 172 cm³/mol. The lowest BCUT2D eigenvalue weighted by Crippen LogP contribution is -2.24. The molecule has 0 radical (unpaired) electrons. The summed E-state index contributed by atoms with van der Waals surface area (Å²) in [6.07, 6.45) is 9.99. The summed E-state index contributed by atoms with van der Waals surface area (Å²) >= 11 is 0. The average Bonchev–Trinajstić information content (AvgIpc) is 3.63. The van der Waals surface area contributed by atoms with E-state index in [0.717, 1.165) is 44.9 Å². The molecule has 0 bridgehead atoms. The third-order valence-electron chi connectivity index (χ3n) is 7.13. The summed E-state index contributed by atoms with van der Waals surface area (Å²) in [6, 6.07) is 22.7. The highest BCUT2D eigenvalue weighted by atomic mass is 19.1. The SMILES string of the molecule is C=C/C(=C\C(=C/C)C(=C)/C=c1/c(-c2nc3c(-c4ccccc4F)cccc3[nH]2)n[nH]/c1=C/C)CNCc1ccccc1. The summed E-state index contributed by atoms with van der Waals surface area (Å²) in [5.74, 6) is 0.301. The molecule has 0 saturated carbocycles. The van der Waals surface area contributed by atoms with Crippen LogP contribution in [-0.4, -0.2) is 26.7 Å². The first kappa shape index (κ1) is 28.5. The van der Waals surface area contributed by atoms with Gasteiger partial charge in [-0.2, -0.15) is 5.10 Å². The number of para-hydroxylation sites is 1. The Morgan fingerprint density at radius 1 is 0.976 bits per heavy atom. The molecule has 42 heavy (non-hydrogen) atoms. The van der Waals surface area contributed by atoms with E-state index in [9.17, 15) is 4.39 Å². The Hall–Kier alpha value is -5.07. The van der Waals surface area contributed by atoms with Gasteiger partial charge in [-0.3, -0.25) is 5.10 Å². The normalized spacial score (nSPS) is 13.2. The third kappa shape index (κ3) is 6.14. The van der Waals surface area contributed by atoms with Gasteiger partial charge in [0.05, 0.1) is 16.4 Å². The first-order valence-corrected chi connectivity index (χ1v) is 13.9. The van der Waals surface area contributed by atoms with Gasteiger partial charge in [-0.15, -0.1) is 0 Å². The van der Waals surface area contributed by atoms with E-state index in [1.165, 1.54) is 11.6 Å². The molecule has 0 aliphatic heterocycles. The molecule has 6 heteroatoms. The van der Waals surface area contributed by atoms with Gasteiger partial charge in [0, 0.05) is 29.4 Å².